The minimum atomic E-state index is -1.13. The molecule has 2 aliphatic heterocycles. The number of rotatable bonds is 3. The van der Waals surface area contributed by atoms with E-state index in [1.165, 1.54) is 30.3 Å². The number of carboxylic acid groups (broad SMARTS) is 1. The summed E-state index contributed by atoms with van der Waals surface area (Å²) < 4.78 is 5.82. The van der Waals surface area contributed by atoms with Gasteiger partial charge in [-0.1, -0.05) is 12.1 Å². The van der Waals surface area contributed by atoms with Crippen molar-refractivity contribution in [2.45, 2.75) is 6.92 Å². The standard InChI is InChI=1S/C24H17N3O5/c1-14-17(12-13-20-26(3)18-6-4-5-7-19(18)32-20)22(28)27(23(29)21(14)25-2)16-10-8-15(9-11-16)24(30)31/h4-13H,1,3H3,(H,30,31)/b17-12+,20-13+. The highest BCUT2D eigenvalue weighted by atomic mass is 16.5. The number of imide groups is 1. The number of hydrogen-bond donors (Lipinski definition) is 1. The molecule has 0 unspecified atom stereocenters. The second-order valence-corrected chi connectivity index (χ2v) is 7.10. The molecule has 0 spiro atoms. The van der Waals surface area contributed by atoms with Crippen LogP contribution >= 0.6 is 0 Å². The summed E-state index contributed by atoms with van der Waals surface area (Å²) in [4.78, 5) is 43.2. The van der Waals surface area contributed by atoms with Crippen LogP contribution in [0.2, 0.25) is 0 Å². The first kappa shape index (κ1) is 20.6. The highest BCUT2D eigenvalue weighted by Gasteiger charge is 2.36. The maximum atomic E-state index is 13.2. The fraction of sp³-hybridized carbons (Fsp3) is 0.0833. The molecule has 0 aromatic heterocycles. The number of amides is 2. The molecule has 1 N–H and O–H groups in total. The lowest BCUT2D eigenvalue weighted by Gasteiger charge is -2.27. The molecule has 8 heteroatoms. The van der Waals surface area contributed by atoms with Crippen LogP contribution in [0.3, 0.4) is 0 Å². The molecule has 8 nitrogen and oxygen atoms in total. The van der Waals surface area contributed by atoms with Gasteiger partial charge in [0.25, 0.3) is 17.5 Å². The molecule has 0 aliphatic carbocycles. The van der Waals surface area contributed by atoms with Crippen molar-refractivity contribution in [2.24, 2.45) is 0 Å². The Kier molecular flexibility index (Phi) is 5.08. The van der Waals surface area contributed by atoms with Crippen molar-refractivity contribution in [2.75, 3.05) is 16.8 Å². The summed E-state index contributed by atoms with van der Waals surface area (Å²) in [7, 11) is 1.83. The number of para-hydroxylation sites is 2. The Morgan fingerprint density at radius 3 is 2.38 bits per heavy atom. The number of hydrogen-bond acceptors (Lipinski definition) is 5. The molecular weight excluding hydrogens is 410 g/mol. The van der Waals surface area contributed by atoms with Gasteiger partial charge in [0.15, 0.2) is 11.6 Å². The van der Waals surface area contributed by atoms with Gasteiger partial charge in [-0.3, -0.25) is 14.5 Å². The third-order valence-electron chi connectivity index (χ3n) is 5.25. The largest absolute Gasteiger partial charge is 0.478 e. The number of fused-ring (bicyclic) bond motifs is 1. The lowest BCUT2D eigenvalue weighted by Crippen LogP contribution is -2.42. The molecular formula is C24H17N3O5. The number of carboxylic acids is 1. The van der Waals surface area contributed by atoms with E-state index < -0.39 is 17.8 Å². The molecule has 0 saturated heterocycles. The number of benzene rings is 2. The highest BCUT2D eigenvalue weighted by Crippen LogP contribution is 2.37. The van der Waals surface area contributed by atoms with Crippen LogP contribution in [0.25, 0.3) is 4.85 Å². The molecule has 2 heterocycles. The van der Waals surface area contributed by atoms with Gasteiger partial charge in [-0.25, -0.2) is 9.64 Å². The van der Waals surface area contributed by atoms with E-state index in [-0.39, 0.29) is 28.1 Å². The number of aromatic carboxylic acids is 1. The van der Waals surface area contributed by atoms with E-state index in [0.29, 0.717) is 11.6 Å². The maximum absolute atomic E-state index is 13.2. The van der Waals surface area contributed by atoms with Crippen molar-refractivity contribution in [3.05, 3.63) is 100 Å². The second kappa shape index (κ2) is 7.89. The number of anilines is 2. The van der Waals surface area contributed by atoms with Crippen molar-refractivity contribution in [3.63, 3.8) is 0 Å². The van der Waals surface area contributed by atoms with Gasteiger partial charge >= 0.3 is 5.97 Å². The van der Waals surface area contributed by atoms with Crippen molar-refractivity contribution in [1.29, 1.82) is 0 Å². The van der Waals surface area contributed by atoms with E-state index in [1.54, 1.807) is 13.0 Å². The first-order valence-corrected chi connectivity index (χ1v) is 9.57. The smallest absolute Gasteiger partial charge is 0.335 e. The molecule has 0 atom stereocenters. The Morgan fingerprint density at radius 2 is 1.75 bits per heavy atom. The molecule has 32 heavy (non-hydrogen) atoms. The summed E-state index contributed by atoms with van der Waals surface area (Å²) in [6, 6.07) is 12.8. The van der Waals surface area contributed by atoms with Crippen LogP contribution < -0.4 is 14.5 Å². The van der Waals surface area contributed by atoms with E-state index in [2.05, 4.69) is 4.85 Å². The number of carbonyl (C=O) groups excluding carboxylic acids is 2. The van der Waals surface area contributed by atoms with Crippen LogP contribution in [0.15, 0.2) is 83.4 Å². The third-order valence-corrected chi connectivity index (χ3v) is 5.25. The van der Waals surface area contributed by atoms with Crippen molar-refractivity contribution >= 4 is 29.2 Å². The van der Waals surface area contributed by atoms with Crippen molar-refractivity contribution in [1.82, 2.24) is 0 Å². The number of allylic oxidation sites excluding steroid dienone is 2. The molecule has 4 rings (SSSR count). The Hall–Kier alpha value is -4.64. The lowest BCUT2D eigenvalue weighted by atomic mass is 9.97. The predicted molar refractivity (Wildman–Crippen MR) is 117 cm³/mol. The highest BCUT2D eigenvalue weighted by molar-refractivity contribution is 6.30. The van der Waals surface area contributed by atoms with Crippen LogP contribution in [0.5, 0.6) is 5.75 Å². The number of ether oxygens (including phenoxy) is 1. The normalized spacial score (nSPS) is 18.2. The summed E-state index contributed by atoms with van der Waals surface area (Å²) in [6.07, 6.45) is 3.13. The van der Waals surface area contributed by atoms with Crippen LogP contribution in [-0.2, 0) is 9.59 Å². The van der Waals surface area contributed by atoms with Gasteiger partial charge in [-0.05, 0) is 61.0 Å². The molecule has 0 fully saturated rings. The minimum absolute atomic E-state index is 0.0178. The first-order chi connectivity index (χ1) is 15.3. The van der Waals surface area contributed by atoms with Crippen molar-refractivity contribution in [3.8, 4) is 5.75 Å². The zero-order chi connectivity index (χ0) is 23.0. The summed E-state index contributed by atoms with van der Waals surface area (Å²) in [5.41, 5.74) is 1.32. The van der Waals surface area contributed by atoms with Crippen LogP contribution in [-0.4, -0.2) is 29.9 Å². The van der Waals surface area contributed by atoms with E-state index >= 15 is 0 Å². The summed E-state index contributed by atoms with van der Waals surface area (Å²) in [6.45, 7) is 8.98. The molecule has 0 radical (unpaired) electrons. The average Bonchev–Trinajstić information content (AvgIpc) is 3.10. The van der Waals surface area contributed by atoms with Crippen molar-refractivity contribution < 1.29 is 24.2 Å². The van der Waals surface area contributed by atoms with E-state index in [9.17, 15) is 14.4 Å². The minimum Gasteiger partial charge on any atom is -0.478 e. The van der Waals surface area contributed by atoms with Gasteiger partial charge < -0.3 is 14.7 Å². The topological polar surface area (TPSA) is 91.5 Å². The van der Waals surface area contributed by atoms with Gasteiger partial charge in [0, 0.05) is 12.6 Å². The lowest BCUT2D eigenvalue weighted by molar-refractivity contribution is -0.123. The zero-order valence-corrected chi connectivity index (χ0v) is 17.2. The summed E-state index contributed by atoms with van der Waals surface area (Å²) in [5.74, 6) is -1.33. The first-order valence-electron chi connectivity index (χ1n) is 9.57. The van der Waals surface area contributed by atoms with E-state index in [0.717, 1.165) is 10.6 Å². The Labute approximate surface area is 183 Å². The molecule has 0 bridgehead atoms. The van der Waals surface area contributed by atoms with E-state index in [4.69, 9.17) is 16.4 Å². The van der Waals surface area contributed by atoms with Gasteiger partial charge in [0.1, 0.15) is 0 Å². The van der Waals surface area contributed by atoms with Crippen LogP contribution in [0.4, 0.5) is 11.4 Å². The quantitative estimate of drug-likeness (QED) is 0.456. The maximum Gasteiger partial charge on any atom is 0.335 e. The van der Waals surface area contributed by atoms with Gasteiger partial charge in [0.2, 0.25) is 0 Å². The fourth-order valence-corrected chi connectivity index (χ4v) is 3.50. The molecule has 2 aromatic rings. The molecule has 158 valence electrons. The Morgan fingerprint density at radius 1 is 1.06 bits per heavy atom. The second-order valence-electron chi connectivity index (χ2n) is 7.10. The van der Waals surface area contributed by atoms with E-state index in [1.807, 2.05) is 36.2 Å². The van der Waals surface area contributed by atoms with Gasteiger partial charge in [0.05, 0.1) is 23.5 Å². The van der Waals surface area contributed by atoms with Crippen LogP contribution in [0, 0.1) is 6.57 Å². The molecule has 2 aromatic carbocycles. The molecule has 2 aliphatic rings. The summed E-state index contributed by atoms with van der Waals surface area (Å²) >= 11 is 0. The fourth-order valence-electron chi connectivity index (χ4n) is 3.50. The van der Waals surface area contributed by atoms with Gasteiger partial charge in [-0.2, -0.15) is 0 Å². The number of carbonyl (C=O) groups is 3. The van der Waals surface area contributed by atoms with Crippen LogP contribution in [0.1, 0.15) is 17.3 Å². The summed E-state index contributed by atoms with van der Waals surface area (Å²) in [5, 5.41) is 9.08. The van der Waals surface area contributed by atoms with Gasteiger partial charge in [-0.15, -0.1) is 0 Å². The Balaban J connectivity index is 1.74. The predicted octanol–water partition coefficient (Wildman–Crippen LogP) is 3.75. The number of nitrogens with zero attached hydrogens (tertiary/aromatic N) is 3. The molecule has 2 amide bonds. The average molecular weight is 427 g/mol. The zero-order valence-electron chi connectivity index (χ0n) is 17.2. The monoisotopic (exact) mass is 427 g/mol. The molecule has 0 saturated carbocycles. The SMILES string of the molecule is [C-]#[N+]C1=C(C)/C(=C\C=C2\Oc3ccccc3N2C)C(=O)N(c2ccc(C(=O)O)cc2)C1=O. The Bertz CT molecular complexity index is 1300. The third kappa shape index (κ3) is 3.32.